The van der Waals surface area contributed by atoms with Gasteiger partial charge in [0.2, 0.25) is 0 Å². The van der Waals surface area contributed by atoms with E-state index in [9.17, 15) is 5.11 Å². The average Bonchev–Trinajstić information content (AvgIpc) is 3.24. The molecule has 0 radical (unpaired) electrons. The van der Waals surface area contributed by atoms with Gasteiger partial charge in [-0.05, 0) is 34.9 Å². The van der Waals surface area contributed by atoms with Crippen LogP contribution in [-0.2, 0) is 5.54 Å². The molecular formula is C24H26N2O. The Balaban J connectivity index is 1.66. The predicted molar refractivity (Wildman–Crippen MR) is 110 cm³/mol. The fraction of sp³-hybridized carbons (Fsp3) is 0.333. The second-order valence-electron chi connectivity index (χ2n) is 8.18. The van der Waals surface area contributed by atoms with Gasteiger partial charge >= 0.3 is 0 Å². The Kier molecular flexibility index (Phi) is 4.05. The van der Waals surface area contributed by atoms with E-state index in [0.717, 1.165) is 13.1 Å². The highest BCUT2D eigenvalue weighted by Gasteiger charge is 2.57. The summed E-state index contributed by atoms with van der Waals surface area (Å²) < 4.78 is 0. The van der Waals surface area contributed by atoms with Crippen LogP contribution >= 0.6 is 0 Å². The van der Waals surface area contributed by atoms with E-state index >= 15 is 0 Å². The van der Waals surface area contributed by atoms with Crippen molar-refractivity contribution in [3.8, 4) is 0 Å². The summed E-state index contributed by atoms with van der Waals surface area (Å²) in [5.41, 5.74) is 2.16. The Hall–Kier alpha value is -2.20. The molecule has 2 aliphatic heterocycles. The molecular weight excluding hydrogens is 332 g/mol. The van der Waals surface area contributed by atoms with Crippen molar-refractivity contribution in [3.63, 3.8) is 0 Å². The maximum atomic E-state index is 10.6. The van der Waals surface area contributed by atoms with Crippen LogP contribution in [0.15, 0.2) is 72.8 Å². The first-order valence-electron chi connectivity index (χ1n) is 9.83. The van der Waals surface area contributed by atoms with Crippen molar-refractivity contribution in [2.24, 2.45) is 11.8 Å². The molecule has 0 spiro atoms. The molecule has 0 amide bonds. The zero-order valence-corrected chi connectivity index (χ0v) is 15.7. The van der Waals surface area contributed by atoms with Crippen LogP contribution in [0.3, 0.4) is 0 Å². The van der Waals surface area contributed by atoms with Crippen LogP contribution in [0, 0.1) is 11.8 Å². The van der Waals surface area contributed by atoms with E-state index in [4.69, 9.17) is 0 Å². The number of nitrogens with zero attached hydrogens (tertiary/aromatic N) is 1. The Morgan fingerprint density at radius 3 is 2.52 bits per heavy atom. The summed E-state index contributed by atoms with van der Waals surface area (Å²) in [5.74, 6) is 0.868. The Bertz CT molecular complexity index is 952. The minimum atomic E-state index is -0.391. The van der Waals surface area contributed by atoms with Crippen molar-refractivity contribution in [1.29, 1.82) is 0 Å². The molecule has 27 heavy (non-hydrogen) atoms. The number of fused-ring (bicyclic) bond motifs is 2. The van der Waals surface area contributed by atoms with Crippen LogP contribution in [0.5, 0.6) is 0 Å². The molecule has 2 heterocycles. The largest absolute Gasteiger partial charge is 0.394 e. The summed E-state index contributed by atoms with van der Waals surface area (Å²) in [6.07, 6.45) is 0. The van der Waals surface area contributed by atoms with Gasteiger partial charge in [-0.25, -0.2) is 0 Å². The molecule has 0 bridgehead atoms. The van der Waals surface area contributed by atoms with Gasteiger partial charge in [0, 0.05) is 25.0 Å². The van der Waals surface area contributed by atoms with Gasteiger partial charge in [-0.1, -0.05) is 72.8 Å². The number of aliphatic hydroxyl groups is 1. The zero-order chi connectivity index (χ0) is 18.4. The van der Waals surface area contributed by atoms with E-state index in [1.54, 1.807) is 0 Å². The molecule has 2 aliphatic rings. The van der Waals surface area contributed by atoms with Gasteiger partial charge in [0.25, 0.3) is 0 Å². The average molecular weight is 358 g/mol. The SMILES string of the molecule is CN1C[C@H]2[C@@H](c3cccc4ccccc34)N[C@](CO)(c3ccccc3)[C@H]2C1. The van der Waals surface area contributed by atoms with E-state index in [1.165, 1.54) is 21.9 Å². The van der Waals surface area contributed by atoms with E-state index in [0.29, 0.717) is 11.8 Å². The Labute approximate surface area is 160 Å². The lowest BCUT2D eigenvalue weighted by Crippen LogP contribution is -2.47. The molecule has 0 aromatic heterocycles. The number of hydrogen-bond donors (Lipinski definition) is 2. The van der Waals surface area contributed by atoms with Crippen LogP contribution < -0.4 is 5.32 Å². The van der Waals surface area contributed by atoms with E-state index in [2.05, 4.69) is 84.0 Å². The molecule has 2 fully saturated rings. The molecule has 4 atom stereocenters. The molecule has 3 heteroatoms. The topological polar surface area (TPSA) is 35.5 Å². The highest BCUT2D eigenvalue weighted by molar-refractivity contribution is 5.86. The van der Waals surface area contributed by atoms with Gasteiger partial charge in [-0.3, -0.25) is 5.32 Å². The third-order valence-corrected chi connectivity index (χ3v) is 6.72. The second kappa shape index (κ2) is 6.45. The van der Waals surface area contributed by atoms with Crippen LogP contribution in [0.4, 0.5) is 0 Å². The lowest BCUT2D eigenvalue weighted by molar-refractivity contribution is 0.129. The van der Waals surface area contributed by atoms with Crippen molar-refractivity contribution in [2.75, 3.05) is 26.7 Å². The van der Waals surface area contributed by atoms with Crippen molar-refractivity contribution in [2.45, 2.75) is 11.6 Å². The lowest BCUT2D eigenvalue weighted by Gasteiger charge is -2.35. The minimum absolute atomic E-state index is 0.118. The molecule has 5 rings (SSSR count). The van der Waals surface area contributed by atoms with Crippen LogP contribution in [0.25, 0.3) is 10.8 Å². The number of nitrogens with one attached hydrogen (secondary N) is 1. The first-order chi connectivity index (χ1) is 13.2. The predicted octanol–water partition coefficient (Wildman–Crippen LogP) is 3.55. The van der Waals surface area contributed by atoms with Gasteiger partial charge in [0.05, 0.1) is 12.1 Å². The van der Waals surface area contributed by atoms with Crippen LogP contribution in [-0.4, -0.2) is 36.8 Å². The third-order valence-electron chi connectivity index (χ3n) is 6.72. The molecule has 0 unspecified atom stereocenters. The quantitative estimate of drug-likeness (QED) is 0.752. The van der Waals surface area contributed by atoms with Crippen molar-refractivity contribution in [3.05, 3.63) is 83.9 Å². The van der Waals surface area contributed by atoms with E-state index in [1.807, 2.05) is 6.07 Å². The van der Waals surface area contributed by atoms with Gasteiger partial charge in [-0.15, -0.1) is 0 Å². The second-order valence-corrected chi connectivity index (χ2v) is 8.18. The highest BCUT2D eigenvalue weighted by atomic mass is 16.3. The van der Waals surface area contributed by atoms with Crippen molar-refractivity contribution < 1.29 is 5.11 Å². The number of likely N-dealkylation sites (tertiary alicyclic amines) is 1. The summed E-state index contributed by atoms with van der Waals surface area (Å²) in [7, 11) is 2.20. The molecule has 138 valence electrons. The zero-order valence-electron chi connectivity index (χ0n) is 15.7. The molecule has 3 aromatic carbocycles. The molecule has 2 saturated heterocycles. The molecule has 0 aliphatic carbocycles. The summed E-state index contributed by atoms with van der Waals surface area (Å²) in [6, 6.07) is 26.0. The maximum Gasteiger partial charge on any atom is 0.0718 e. The Morgan fingerprint density at radius 1 is 0.963 bits per heavy atom. The summed E-state index contributed by atoms with van der Waals surface area (Å²) >= 11 is 0. The minimum Gasteiger partial charge on any atom is -0.394 e. The summed E-state index contributed by atoms with van der Waals surface area (Å²) in [4.78, 5) is 2.42. The lowest BCUT2D eigenvalue weighted by atomic mass is 9.76. The smallest absolute Gasteiger partial charge is 0.0718 e. The monoisotopic (exact) mass is 358 g/mol. The standard InChI is InChI=1S/C24H26N2O/c1-26-14-21-22(15-26)24(16-27,18-10-3-2-4-11-18)25-23(21)20-13-7-9-17-8-5-6-12-19(17)20/h2-13,21-23,25,27H,14-16H2,1H3/t21-,22+,23-,24-/m1/s1. The first kappa shape index (κ1) is 16.9. The maximum absolute atomic E-state index is 10.6. The first-order valence-corrected chi connectivity index (χ1v) is 9.83. The number of benzene rings is 3. The van der Waals surface area contributed by atoms with Crippen molar-refractivity contribution in [1.82, 2.24) is 10.2 Å². The Morgan fingerprint density at radius 2 is 1.70 bits per heavy atom. The summed E-state index contributed by atoms with van der Waals surface area (Å²) in [5, 5.41) is 17.1. The van der Waals surface area contributed by atoms with Gasteiger partial charge in [-0.2, -0.15) is 0 Å². The third kappa shape index (κ3) is 2.53. The summed E-state index contributed by atoms with van der Waals surface area (Å²) in [6.45, 7) is 2.18. The van der Waals surface area contributed by atoms with Crippen molar-refractivity contribution >= 4 is 10.8 Å². The number of hydrogen-bond acceptors (Lipinski definition) is 3. The normalized spacial score (nSPS) is 30.7. The molecule has 3 aromatic rings. The molecule has 0 saturated carbocycles. The van der Waals surface area contributed by atoms with E-state index < -0.39 is 5.54 Å². The number of rotatable bonds is 3. The molecule has 2 N–H and O–H groups in total. The number of aliphatic hydroxyl groups excluding tert-OH is 1. The van der Waals surface area contributed by atoms with Gasteiger partial charge in [0.15, 0.2) is 0 Å². The van der Waals surface area contributed by atoms with Gasteiger partial charge < -0.3 is 10.0 Å². The van der Waals surface area contributed by atoms with Crippen LogP contribution in [0.1, 0.15) is 17.2 Å². The van der Waals surface area contributed by atoms with E-state index in [-0.39, 0.29) is 12.6 Å². The van der Waals surface area contributed by atoms with Gasteiger partial charge in [0.1, 0.15) is 0 Å². The fourth-order valence-electron chi connectivity index (χ4n) is 5.50. The highest BCUT2D eigenvalue weighted by Crippen LogP contribution is 2.51. The fourth-order valence-corrected chi connectivity index (χ4v) is 5.50. The van der Waals surface area contributed by atoms with Crippen LogP contribution in [0.2, 0.25) is 0 Å². The molecule has 3 nitrogen and oxygen atoms in total.